The summed E-state index contributed by atoms with van der Waals surface area (Å²) in [6, 6.07) is 21.5. The van der Waals surface area contributed by atoms with Crippen LogP contribution in [0, 0.1) is 24.0 Å². The fraction of sp³-hybridized carbons (Fsp3) is 0.448. The van der Waals surface area contributed by atoms with E-state index in [0.717, 1.165) is 64.7 Å². The number of hydrogen-bond acceptors (Lipinski definition) is 12. The second kappa shape index (κ2) is 24.7. The van der Waals surface area contributed by atoms with Crippen LogP contribution in [-0.2, 0) is 32.1 Å². The number of nitrogens with one attached hydrogen (secondary N) is 5. The van der Waals surface area contributed by atoms with Gasteiger partial charge in [-0.1, -0.05) is 57.5 Å². The quantitative estimate of drug-likeness (QED) is 0.0428. The second-order valence-corrected chi connectivity index (χ2v) is 22.5. The van der Waals surface area contributed by atoms with E-state index in [1.165, 1.54) is 17.0 Å². The molecule has 3 saturated heterocycles. The summed E-state index contributed by atoms with van der Waals surface area (Å²) in [5.41, 5.74) is 8.39. The summed E-state index contributed by atoms with van der Waals surface area (Å²) in [5.74, 6) is -1.69. The molecular weight excluding hydrogens is 1000 g/mol. The Labute approximate surface area is 452 Å². The van der Waals surface area contributed by atoms with Crippen LogP contribution in [0.4, 0.5) is 26.0 Å². The molecule has 2 aromatic heterocycles. The lowest BCUT2D eigenvalue weighted by Crippen LogP contribution is -2.56. The van der Waals surface area contributed by atoms with Gasteiger partial charge in [-0.2, -0.15) is 5.10 Å². The van der Waals surface area contributed by atoms with Crippen LogP contribution in [0.1, 0.15) is 98.5 Å². The number of halogens is 2. The van der Waals surface area contributed by atoms with Crippen LogP contribution in [0.5, 0.6) is 0 Å². The Kier molecular flexibility index (Phi) is 17.6. The fourth-order valence-electron chi connectivity index (χ4n) is 10.6. The average molecular weight is 1070 g/mol. The number of aryl methyl sites for hydroxylation is 1. The number of carbonyl (C=O) groups is 4. The molecule has 408 valence electrons. The minimum absolute atomic E-state index is 0.0903. The number of ether oxygens (including phenoxy) is 1. The predicted molar refractivity (Wildman–Crippen MR) is 296 cm³/mol. The van der Waals surface area contributed by atoms with Gasteiger partial charge in [0.15, 0.2) is 5.82 Å². The molecule has 0 aliphatic carbocycles. The number of rotatable bonds is 19. The number of aliphatic hydroxyl groups is 1. The highest BCUT2D eigenvalue weighted by Gasteiger charge is 2.44. The topological polar surface area (TPSA) is 197 Å². The molecule has 19 heteroatoms. The van der Waals surface area contributed by atoms with Gasteiger partial charge in [-0.15, -0.1) is 11.3 Å². The molecule has 5 heterocycles. The smallest absolute Gasteiger partial charge is 0.258 e. The number of amides is 4. The molecule has 0 unspecified atom stereocenters. The summed E-state index contributed by atoms with van der Waals surface area (Å²) in [7, 11) is 0. The number of carbonyl (C=O) groups excluding carboxylic acids is 4. The molecule has 3 fully saturated rings. The van der Waals surface area contributed by atoms with Gasteiger partial charge in [0.2, 0.25) is 17.7 Å². The van der Waals surface area contributed by atoms with E-state index in [0.29, 0.717) is 105 Å². The van der Waals surface area contributed by atoms with Crippen LogP contribution in [0.25, 0.3) is 21.3 Å². The Morgan fingerprint density at radius 2 is 1.62 bits per heavy atom. The first-order chi connectivity index (χ1) is 37.1. The average Bonchev–Trinajstić information content (AvgIpc) is 4.15. The number of hydrogen-bond donors (Lipinski definition) is 6. The van der Waals surface area contributed by atoms with Crippen LogP contribution in [0.3, 0.4) is 0 Å². The molecule has 4 aromatic carbocycles. The zero-order chi connectivity index (χ0) is 54.2. The van der Waals surface area contributed by atoms with E-state index >= 15 is 0 Å². The first-order valence-corrected chi connectivity index (χ1v) is 27.7. The third-order valence-corrected chi connectivity index (χ3v) is 15.8. The number of β-amino-alcohol motifs (C(OH)–C–C–N with tert-alkyl or cyclic N) is 1. The highest BCUT2D eigenvalue weighted by atomic mass is 32.1. The van der Waals surface area contributed by atoms with Gasteiger partial charge in [-0.25, -0.2) is 13.8 Å². The minimum Gasteiger partial charge on any atom is -0.391 e. The van der Waals surface area contributed by atoms with E-state index in [1.807, 2.05) is 98.8 Å². The first kappa shape index (κ1) is 55.0. The van der Waals surface area contributed by atoms with Crippen LogP contribution < -0.4 is 26.2 Å². The van der Waals surface area contributed by atoms with Crippen molar-refractivity contribution in [3.8, 4) is 10.4 Å². The number of H-pyrrole nitrogens is 1. The number of fused-ring (bicyclic) bond motifs is 1. The van der Waals surface area contributed by atoms with Crippen molar-refractivity contribution < 1.29 is 37.8 Å². The first-order valence-electron chi connectivity index (χ1n) is 26.8. The number of unbranched alkanes of at least 4 members (excludes halogenated alkanes) is 2. The molecule has 77 heavy (non-hydrogen) atoms. The Hall–Kier alpha value is -6.80. The number of aliphatic hydroxyl groups excluding tert-OH is 1. The molecule has 6 aromatic rings. The van der Waals surface area contributed by atoms with Gasteiger partial charge in [0.25, 0.3) is 5.91 Å². The Morgan fingerprint density at radius 1 is 0.883 bits per heavy atom. The minimum atomic E-state index is -0.798. The number of anilines is 3. The van der Waals surface area contributed by atoms with E-state index in [1.54, 1.807) is 11.3 Å². The second-order valence-electron chi connectivity index (χ2n) is 21.6. The molecule has 0 spiro atoms. The molecule has 0 radical (unpaired) electrons. The van der Waals surface area contributed by atoms with E-state index in [-0.39, 0.29) is 42.6 Å². The number of piperazine rings is 1. The standard InChI is InChI=1S/C58H70F2N10O6S/c1-36-52(77-35-63-36)40-12-9-37(10-13-40)33-62-56(74)50-32-45(71)34-70(50)57(75)53(58(2,3)4)61-19-7-5-6-8-51(72)69-22-20-68(21-23-69)44-14-15-46(49(31-44)64-43-17-24-76-25-18-43)55(73)65-54-47-29-38(11-16-48(47)66-67-54)26-39-27-41(59)30-42(60)28-39/h9-16,27-31,35,43,45,50,53,61,64,71H,5-8,17-26,32-34H2,1-4H3,(H,62,74)(H2,65,66,67,73)/t45-,50+,53-/m1/s1. The van der Waals surface area contributed by atoms with Crippen molar-refractivity contribution in [2.45, 2.75) is 110 Å². The SMILES string of the molecule is Cc1ncsc1-c1ccc(CNC(=O)[C@@H]2C[C@@H](O)CN2C(=O)[C@@H](NCCCCCC(=O)N2CCN(c3ccc(C(=O)Nc4n[nH]c5ccc(Cc6cc(F)cc(F)c6)cc45)c(NC4CCOCC4)c3)CC2)C(C)(C)C)cc1. The van der Waals surface area contributed by atoms with Crippen LogP contribution in [0.15, 0.2) is 84.4 Å². The van der Waals surface area contributed by atoms with E-state index < -0.39 is 35.2 Å². The van der Waals surface area contributed by atoms with Gasteiger partial charge in [-0.3, -0.25) is 24.3 Å². The highest BCUT2D eigenvalue weighted by Crippen LogP contribution is 2.32. The van der Waals surface area contributed by atoms with Gasteiger partial charge in [0.1, 0.15) is 17.7 Å². The van der Waals surface area contributed by atoms with E-state index in [9.17, 15) is 33.1 Å². The van der Waals surface area contributed by atoms with Gasteiger partial charge >= 0.3 is 0 Å². The molecule has 6 N–H and O–H groups in total. The van der Waals surface area contributed by atoms with Crippen LogP contribution in [-0.4, -0.2) is 130 Å². The van der Waals surface area contributed by atoms with Crippen molar-refractivity contribution in [2.75, 3.05) is 68.0 Å². The summed E-state index contributed by atoms with van der Waals surface area (Å²) in [6.45, 7) is 12.5. The van der Waals surface area contributed by atoms with Crippen molar-refractivity contribution in [3.63, 3.8) is 0 Å². The van der Waals surface area contributed by atoms with E-state index in [2.05, 4.69) is 41.3 Å². The summed E-state index contributed by atoms with van der Waals surface area (Å²) in [6.07, 6.45) is 3.93. The molecular formula is C58H70F2N10O6S. The van der Waals surface area contributed by atoms with Gasteiger partial charge in [-0.05, 0) is 116 Å². The Bertz CT molecular complexity index is 3020. The maximum atomic E-state index is 14.2. The molecule has 3 aliphatic rings. The number of aromatic amines is 1. The van der Waals surface area contributed by atoms with Crippen molar-refractivity contribution >= 4 is 63.1 Å². The van der Waals surface area contributed by atoms with Crippen molar-refractivity contribution in [1.82, 2.24) is 35.6 Å². The molecule has 3 aliphatic heterocycles. The summed E-state index contributed by atoms with van der Waals surface area (Å²) >= 11 is 1.59. The lowest BCUT2D eigenvalue weighted by Gasteiger charge is -2.36. The molecule has 9 rings (SSSR count). The van der Waals surface area contributed by atoms with Crippen LogP contribution in [0.2, 0.25) is 0 Å². The number of thiazole rings is 1. The van der Waals surface area contributed by atoms with Gasteiger partial charge < -0.3 is 45.8 Å². The third kappa shape index (κ3) is 13.9. The van der Waals surface area contributed by atoms with Gasteiger partial charge in [0.05, 0.1) is 39.3 Å². The van der Waals surface area contributed by atoms with Crippen molar-refractivity contribution in [2.24, 2.45) is 5.41 Å². The predicted octanol–water partition coefficient (Wildman–Crippen LogP) is 8.20. The fourth-order valence-corrected chi connectivity index (χ4v) is 11.4. The monoisotopic (exact) mass is 1070 g/mol. The van der Waals surface area contributed by atoms with Crippen molar-refractivity contribution in [3.05, 3.63) is 124 Å². The lowest BCUT2D eigenvalue weighted by molar-refractivity contribution is -0.142. The summed E-state index contributed by atoms with van der Waals surface area (Å²) in [4.78, 5) is 66.4. The third-order valence-electron chi connectivity index (χ3n) is 14.8. The summed E-state index contributed by atoms with van der Waals surface area (Å²) < 4.78 is 33.5. The number of nitrogens with zero attached hydrogens (tertiary/aromatic N) is 5. The Morgan fingerprint density at radius 3 is 2.34 bits per heavy atom. The zero-order valence-electron chi connectivity index (χ0n) is 44.3. The van der Waals surface area contributed by atoms with E-state index in [4.69, 9.17) is 4.74 Å². The number of aromatic nitrogens is 3. The lowest BCUT2D eigenvalue weighted by atomic mass is 9.85. The maximum Gasteiger partial charge on any atom is 0.258 e. The molecule has 16 nitrogen and oxygen atoms in total. The molecule has 4 amide bonds. The maximum absolute atomic E-state index is 14.2. The zero-order valence-corrected chi connectivity index (χ0v) is 45.1. The number of benzene rings is 4. The van der Waals surface area contributed by atoms with Crippen LogP contribution >= 0.6 is 11.3 Å². The normalized spacial score (nSPS) is 17.7. The van der Waals surface area contributed by atoms with Gasteiger partial charge in [0, 0.05) is 94.2 Å². The number of likely N-dealkylation sites (tertiary alicyclic amines) is 1. The largest absolute Gasteiger partial charge is 0.391 e. The highest BCUT2D eigenvalue weighted by molar-refractivity contribution is 7.13. The molecule has 3 atom stereocenters. The molecule has 0 saturated carbocycles. The molecule has 0 bridgehead atoms. The van der Waals surface area contributed by atoms with Crippen molar-refractivity contribution in [1.29, 1.82) is 0 Å². The Balaban J connectivity index is 0.739. The summed E-state index contributed by atoms with van der Waals surface area (Å²) in [5, 5.41) is 31.8.